The molecule has 17 heavy (non-hydrogen) atoms. The summed E-state index contributed by atoms with van der Waals surface area (Å²) in [6.07, 6.45) is 2.22. The zero-order valence-corrected chi connectivity index (χ0v) is 10.2. The highest BCUT2D eigenvalue weighted by Gasteiger charge is 2.22. The number of nitro benzene ring substituents is 1. The van der Waals surface area contributed by atoms with Gasteiger partial charge in [-0.15, -0.1) is 0 Å². The molecular formula is C11H13N3O2S. The van der Waals surface area contributed by atoms with Gasteiger partial charge in [-0.3, -0.25) is 10.1 Å². The first-order chi connectivity index (χ1) is 8.06. The van der Waals surface area contributed by atoms with Gasteiger partial charge in [-0.25, -0.2) is 0 Å². The van der Waals surface area contributed by atoms with Crippen molar-refractivity contribution in [3.05, 3.63) is 33.9 Å². The van der Waals surface area contributed by atoms with Crippen LogP contribution in [0.3, 0.4) is 0 Å². The molecular weight excluding hydrogens is 238 g/mol. The number of nitrogens with zero attached hydrogens (tertiary/aromatic N) is 1. The van der Waals surface area contributed by atoms with E-state index in [1.54, 1.807) is 6.07 Å². The molecule has 6 heteroatoms. The molecule has 0 bridgehead atoms. The lowest BCUT2D eigenvalue weighted by molar-refractivity contribution is -0.383. The van der Waals surface area contributed by atoms with Crippen LogP contribution in [-0.4, -0.2) is 16.1 Å². The van der Waals surface area contributed by atoms with E-state index in [0.29, 0.717) is 16.8 Å². The minimum atomic E-state index is -0.408. The summed E-state index contributed by atoms with van der Waals surface area (Å²) in [7, 11) is 0. The van der Waals surface area contributed by atoms with Crippen LogP contribution in [0.2, 0.25) is 0 Å². The van der Waals surface area contributed by atoms with Gasteiger partial charge in [0.15, 0.2) is 5.11 Å². The fourth-order valence-corrected chi connectivity index (χ4v) is 1.75. The van der Waals surface area contributed by atoms with Crippen molar-refractivity contribution in [1.82, 2.24) is 5.32 Å². The van der Waals surface area contributed by atoms with Crippen LogP contribution in [0.4, 0.5) is 11.4 Å². The Hall–Kier alpha value is -1.69. The molecule has 1 aliphatic rings. The molecule has 2 N–H and O–H groups in total. The van der Waals surface area contributed by atoms with Crippen LogP contribution >= 0.6 is 12.2 Å². The number of hydrogen-bond acceptors (Lipinski definition) is 3. The molecule has 2 rings (SSSR count). The van der Waals surface area contributed by atoms with Crippen molar-refractivity contribution in [2.75, 3.05) is 5.32 Å². The average molecular weight is 251 g/mol. The maximum atomic E-state index is 10.9. The third kappa shape index (κ3) is 3.13. The van der Waals surface area contributed by atoms with Gasteiger partial charge in [-0.1, -0.05) is 6.07 Å². The Labute approximate surface area is 104 Å². The first-order valence-electron chi connectivity index (χ1n) is 5.39. The summed E-state index contributed by atoms with van der Waals surface area (Å²) in [5, 5.41) is 17.3. The van der Waals surface area contributed by atoms with Crippen LogP contribution in [0.15, 0.2) is 18.2 Å². The molecule has 0 aliphatic heterocycles. The Kier molecular flexibility index (Phi) is 3.23. The third-order valence-electron chi connectivity index (χ3n) is 2.51. The summed E-state index contributed by atoms with van der Waals surface area (Å²) in [6, 6.07) is 5.45. The second kappa shape index (κ2) is 4.67. The smallest absolute Gasteiger partial charge is 0.292 e. The number of rotatable bonds is 3. The number of thiocarbonyl (C=S) groups is 1. The summed E-state index contributed by atoms with van der Waals surface area (Å²) < 4.78 is 0. The number of hydrogen-bond donors (Lipinski definition) is 2. The largest absolute Gasteiger partial charge is 0.360 e. The maximum Gasteiger partial charge on any atom is 0.292 e. The van der Waals surface area contributed by atoms with Crippen molar-refractivity contribution < 1.29 is 4.92 Å². The second-order valence-corrected chi connectivity index (χ2v) is 4.56. The predicted octanol–water partition coefficient (Wildman–Crippen LogP) is 2.35. The van der Waals surface area contributed by atoms with E-state index in [1.807, 2.05) is 13.0 Å². The summed E-state index contributed by atoms with van der Waals surface area (Å²) in [5.74, 6) is 0. The van der Waals surface area contributed by atoms with E-state index in [2.05, 4.69) is 10.6 Å². The monoisotopic (exact) mass is 251 g/mol. The quantitative estimate of drug-likeness (QED) is 0.490. The Morgan fingerprint density at radius 1 is 1.53 bits per heavy atom. The lowest BCUT2D eigenvalue weighted by Gasteiger charge is -2.10. The van der Waals surface area contributed by atoms with Gasteiger partial charge in [0.25, 0.3) is 5.69 Å². The molecule has 0 unspecified atom stereocenters. The maximum absolute atomic E-state index is 10.9. The Morgan fingerprint density at radius 3 is 2.82 bits per heavy atom. The number of benzene rings is 1. The van der Waals surface area contributed by atoms with Crippen molar-refractivity contribution in [2.24, 2.45) is 0 Å². The van der Waals surface area contributed by atoms with Gasteiger partial charge in [-0.05, 0) is 43.6 Å². The molecule has 0 heterocycles. The molecule has 90 valence electrons. The van der Waals surface area contributed by atoms with E-state index < -0.39 is 4.92 Å². The van der Waals surface area contributed by atoms with Crippen LogP contribution in [0.25, 0.3) is 0 Å². The molecule has 1 aliphatic carbocycles. The molecule has 1 saturated carbocycles. The normalized spacial score (nSPS) is 14.2. The first kappa shape index (κ1) is 11.8. The number of nitrogens with one attached hydrogen (secondary N) is 2. The van der Waals surface area contributed by atoms with Crippen molar-refractivity contribution in [1.29, 1.82) is 0 Å². The van der Waals surface area contributed by atoms with Crippen molar-refractivity contribution in [3.63, 3.8) is 0 Å². The average Bonchev–Trinajstić information content (AvgIpc) is 3.04. The van der Waals surface area contributed by atoms with Crippen molar-refractivity contribution >= 4 is 28.7 Å². The number of aryl methyl sites for hydroxylation is 1. The molecule has 1 fully saturated rings. The van der Waals surface area contributed by atoms with Crippen LogP contribution < -0.4 is 10.6 Å². The van der Waals surface area contributed by atoms with Crippen LogP contribution in [0.5, 0.6) is 0 Å². The molecule has 1 aromatic carbocycles. The summed E-state index contributed by atoms with van der Waals surface area (Å²) in [5.41, 5.74) is 1.33. The van der Waals surface area contributed by atoms with Crippen LogP contribution in [0.1, 0.15) is 18.4 Å². The highest BCUT2D eigenvalue weighted by molar-refractivity contribution is 7.80. The lowest BCUT2D eigenvalue weighted by Crippen LogP contribution is -2.30. The van der Waals surface area contributed by atoms with E-state index >= 15 is 0 Å². The number of nitro groups is 1. The fourth-order valence-electron chi connectivity index (χ4n) is 1.47. The standard InChI is InChI=1S/C11H13N3O2S/c1-7-2-5-9(10(6-7)14(15)16)13-11(17)12-8-3-4-8/h2,5-6,8H,3-4H2,1H3,(H2,12,13,17). The van der Waals surface area contributed by atoms with Gasteiger partial charge in [0.2, 0.25) is 0 Å². The van der Waals surface area contributed by atoms with Crippen molar-refractivity contribution in [3.8, 4) is 0 Å². The Balaban J connectivity index is 2.13. The van der Waals surface area contributed by atoms with E-state index in [4.69, 9.17) is 12.2 Å². The van der Waals surface area contributed by atoms with Gasteiger partial charge in [0.1, 0.15) is 5.69 Å². The molecule has 0 atom stereocenters. The van der Waals surface area contributed by atoms with E-state index in [0.717, 1.165) is 18.4 Å². The van der Waals surface area contributed by atoms with Crippen molar-refractivity contribution in [2.45, 2.75) is 25.8 Å². The fraction of sp³-hybridized carbons (Fsp3) is 0.364. The SMILES string of the molecule is Cc1ccc(NC(=S)NC2CC2)c([N+](=O)[O-])c1. The number of anilines is 1. The van der Waals surface area contributed by atoms with Crippen LogP contribution in [-0.2, 0) is 0 Å². The Morgan fingerprint density at radius 2 is 2.24 bits per heavy atom. The minimum absolute atomic E-state index is 0.0462. The Bertz CT molecular complexity index is 472. The highest BCUT2D eigenvalue weighted by Crippen LogP contribution is 2.25. The lowest BCUT2D eigenvalue weighted by atomic mass is 10.2. The van der Waals surface area contributed by atoms with E-state index in [-0.39, 0.29) is 5.69 Å². The summed E-state index contributed by atoms with van der Waals surface area (Å²) >= 11 is 5.09. The van der Waals surface area contributed by atoms with Gasteiger partial charge in [0, 0.05) is 12.1 Å². The van der Waals surface area contributed by atoms with Gasteiger partial charge < -0.3 is 10.6 Å². The summed E-state index contributed by atoms with van der Waals surface area (Å²) in [6.45, 7) is 1.82. The zero-order valence-electron chi connectivity index (χ0n) is 9.40. The second-order valence-electron chi connectivity index (χ2n) is 4.15. The molecule has 0 saturated heterocycles. The molecule has 1 aromatic rings. The highest BCUT2D eigenvalue weighted by atomic mass is 32.1. The summed E-state index contributed by atoms with van der Waals surface area (Å²) in [4.78, 5) is 10.5. The zero-order chi connectivity index (χ0) is 12.4. The van der Waals surface area contributed by atoms with Gasteiger partial charge in [-0.2, -0.15) is 0 Å². The third-order valence-corrected chi connectivity index (χ3v) is 2.73. The van der Waals surface area contributed by atoms with Gasteiger partial charge >= 0.3 is 0 Å². The predicted molar refractivity (Wildman–Crippen MR) is 70.2 cm³/mol. The van der Waals surface area contributed by atoms with Gasteiger partial charge in [0.05, 0.1) is 4.92 Å². The topological polar surface area (TPSA) is 67.2 Å². The molecule has 0 aromatic heterocycles. The minimum Gasteiger partial charge on any atom is -0.360 e. The van der Waals surface area contributed by atoms with Crippen LogP contribution in [0, 0.1) is 17.0 Å². The van der Waals surface area contributed by atoms with E-state index in [9.17, 15) is 10.1 Å². The first-order valence-corrected chi connectivity index (χ1v) is 5.79. The molecule has 5 nitrogen and oxygen atoms in total. The molecule has 0 radical (unpaired) electrons. The molecule has 0 amide bonds. The van der Waals surface area contributed by atoms with E-state index in [1.165, 1.54) is 6.07 Å². The molecule has 0 spiro atoms.